The van der Waals surface area contributed by atoms with E-state index in [0.717, 1.165) is 19.3 Å². The zero-order valence-electron chi connectivity index (χ0n) is 4.71. The number of hydrogen-bond acceptors (Lipinski definition) is 2. The average Bonchev–Trinajstić information content (AvgIpc) is 1.87. The molecule has 0 aromatic rings. The van der Waals surface area contributed by atoms with Crippen molar-refractivity contribution in [3.05, 3.63) is 0 Å². The Morgan fingerprint density at radius 3 is 2.12 bits per heavy atom. The van der Waals surface area contributed by atoms with Crippen molar-refractivity contribution >= 4 is 17.0 Å². The molecule has 1 saturated carbocycles. The summed E-state index contributed by atoms with van der Waals surface area (Å²) in [6.45, 7) is 0. The predicted molar refractivity (Wildman–Crippen MR) is 38.2 cm³/mol. The first-order valence-corrected chi connectivity index (χ1v) is 2.72. The second-order valence-electron chi connectivity index (χ2n) is 2.23. The SMILES string of the molecule is Br.N[C@H]1CC[C@@H](O)C1. The number of halogens is 1. The normalized spacial score (nSPS) is 36.8. The quantitative estimate of drug-likeness (QED) is 0.570. The highest BCUT2D eigenvalue weighted by atomic mass is 79.9. The number of nitrogens with two attached hydrogens (primary N) is 1. The second kappa shape index (κ2) is 3.43. The largest absolute Gasteiger partial charge is 0.393 e. The lowest BCUT2D eigenvalue weighted by Crippen LogP contribution is -2.15. The first-order chi connectivity index (χ1) is 3.29. The molecule has 1 aliphatic carbocycles. The summed E-state index contributed by atoms with van der Waals surface area (Å²) in [7, 11) is 0. The molecule has 1 fully saturated rings. The van der Waals surface area contributed by atoms with Crippen molar-refractivity contribution in [2.75, 3.05) is 0 Å². The average molecular weight is 182 g/mol. The van der Waals surface area contributed by atoms with Crippen LogP contribution in [0.4, 0.5) is 0 Å². The van der Waals surface area contributed by atoms with Gasteiger partial charge in [0, 0.05) is 6.04 Å². The third-order valence-electron chi connectivity index (χ3n) is 1.45. The summed E-state index contributed by atoms with van der Waals surface area (Å²) < 4.78 is 0. The minimum atomic E-state index is -0.102. The molecular weight excluding hydrogens is 170 g/mol. The molecule has 8 heavy (non-hydrogen) atoms. The molecule has 0 unspecified atom stereocenters. The Morgan fingerprint density at radius 1 is 1.38 bits per heavy atom. The van der Waals surface area contributed by atoms with Crippen LogP contribution in [-0.4, -0.2) is 17.3 Å². The van der Waals surface area contributed by atoms with Crippen LogP contribution in [0.25, 0.3) is 0 Å². The van der Waals surface area contributed by atoms with Crippen molar-refractivity contribution in [1.29, 1.82) is 0 Å². The van der Waals surface area contributed by atoms with E-state index in [1.807, 2.05) is 0 Å². The number of hydrogen-bond donors (Lipinski definition) is 2. The van der Waals surface area contributed by atoms with Crippen molar-refractivity contribution in [2.24, 2.45) is 5.73 Å². The van der Waals surface area contributed by atoms with Crippen LogP contribution in [0.1, 0.15) is 19.3 Å². The van der Waals surface area contributed by atoms with Crippen molar-refractivity contribution in [2.45, 2.75) is 31.4 Å². The van der Waals surface area contributed by atoms with E-state index in [1.54, 1.807) is 0 Å². The molecule has 1 aliphatic rings. The highest BCUT2D eigenvalue weighted by Gasteiger charge is 2.18. The Bertz CT molecular complexity index is 61.4. The Kier molecular flexibility index (Phi) is 3.60. The maximum Gasteiger partial charge on any atom is 0.0555 e. The summed E-state index contributed by atoms with van der Waals surface area (Å²) in [5.41, 5.74) is 5.47. The predicted octanol–water partition coefficient (Wildman–Crippen LogP) is 0.436. The van der Waals surface area contributed by atoms with Crippen LogP contribution in [0.15, 0.2) is 0 Å². The standard InChI is InChI=1S/C5H11NO.BrH/c6-4-1-2-5(7)3-4;/h4-5,7H,1-3,6H2;1H/t4-,5+;/m0./s1. The molecule has 0 aliphatic heterocycles. The van der Waals surface area contributed by atoms with Gasteiger partial charge in [-0.1, -0.05) is 0 Å². The van der Waals surface area contributed by atoms with E-state index in [-0.39, 0.29) is 29.1 Å². The number of rotatable bonds is 0. The molecule has 0 aromatic heterocycles. The topological polar surface area (TPSA) is 46.2 Å². The lowest BCUT2D eigenvalue weighted by atomic mass is 10.3. The number of aliphatic hydroxyl groups is 1. The zero-order chi connectivity index (χ0) is 5.28. The Morgan fingerprint density at radius 2 is 2.00 bits per heavy atom. The molecule has 2 nitrogen and oxygen atoms in total. The second-order valence-corrected chi connectivity index (χ2v) is 2.23. The van der Waals surface area contributed by atoms with E-state index in [0.29, 0.717) is 0 Å². The summed E-state index contributed by atoms with van der Waals surface area (Å²) >= 11 is 0. The maximum atomic E-state index is 8.82. The van der Waals surface area contributed by atoms with E-state index < -0.39 is 0 Å². The summed E-state index contributed by atoms with van der Waals surface area (Å²) in [6.07, 6.45) is 2.61. The van der Waals surface area contributed by atoms with E-state index in [1.165, 1.54) is 0 Å². The lowest BCUT2D eigenvalue weighted by molar-refractivity contribution is 0.181. The fourth-order valence-corrected chi connectivity index (χ4v) is 0.992. The van der Waals surface area contributed by atoms with Crippen LogP contribution in [0.2, 0.25) is 0 Å². The number of aliphatic hydroxyl groups excluding tert-OH is 1. The van der Waals surface area contributed by atoms with E-state index in [9.17, 15) is 0 Å². The van der Waals surface area contributed by atoms with Gasteiger partial charge < -0.3 is 10.8 Å². The summed E-state index contributed by atoms with van der Waals surface area (Å²) in [5.74, 6) is 0. The monoisotopic (exact) mass is 181 g/mol. The van der Waals surface area contributed by atoms with Gasteiger partial charge in [-0.15, -0.1) is 17.0 Å². The van der Waals surface area contributed by atoms with Gasteiger partial charge in [0.25, 0.3) is 0 Å². The van der Waals surface area contributed by atoms with Crippen LogP contribution in [0, 0.1) is 0 Å². The van der Waals surface area contributed by atoms with Gasteiger partial charge in [-0.3, -0.25) is 0 Å². The highest BCUT2D eigenvalue weighted by Crippen LogP contribution is 2.15. The van der Waals surface area contributed by atoms with Crippen LogP contribution in [0.3, 0.4) is 0 Å². The fourth-order valence-electron chi connectivity index (χ4n) is 0.992. The molecule has 0 radical (unpaired) electrons. The van der Waals surface area contributed by atoms with Crippen LogP contribution in [0.5, 0.6) is 0 Å². The van der Waals surface area contributed by atoms with Gasteiger partial charge in [-0.05, 0) is 19.3 Å². The lowest BCUT2D eigenvalue weighted by Gasteiger charge is -1.96. The van der Waals surface area contributed by atoms with Crippen molar-refractivity contribution < 1.29 is 5.11 Å². The molecule has 1 rings (SSSR count). The molecule has 0 aromatic carbocycles. The summed E-state index contributed by atoms with van der Waals surface area (Å²) in [5, 5.41) is 8.82. The fraction of sp³-hybridized carbons (Fsp3) is 1.00. The Balaban J connectivity index is 0.000000490. The van der Waals surface area contributed by atoms with E-state index in [4.69, 9.17) is 10.8 Å². The summed E-state index contributed by atoms with van der Waals surface area (Å²) in [4.78, 5) is 0. The van der Waals surface area contributed by atoms with Crippen LogP contribution >= 0.6 is 17.0 Å². The molecule has 2 atom stereocenters. The smallest absolute Gasteiger partial charge is 0.0555 e. The van der Waals surface area contributed by atoms with Crippen LogP contribution in [-0.2, 0) is 0 Å². The molecule has 3 heteroatoms. The molecule has 0 saturated heterocycles. The van der Waals surface area contributed by atoms with Gasteiger partial charge in [-0.2, -0.15) is 0 Å². The molecule has 0 amide bonds. The first kappa shape index (κ1) is 8.40. The zero-order valence-corrected chi connectivity index (χ0v) is 6.42. The summed E-state index contributed by atoms with van der Waals surface area (Å²) in [6, 6.07) is 0.273. The first-order valence-electron chi connectivity index (χ1n) is 2.72. The third kappa shape index (κ3) is 2.11. The molecular formula is C5H12BrNO. The molecule has 0 spiro atoms. The molecule has 3 N–H and O–H groups in total. The van der Waals surface area contributed by atoms with Gasteiger partial charge >= 0.3 is 0 Å². The van der Waals surface area contributed by atoms with Crippen LogP contribution < -0.4 is 5.73 Å². The maximum absolute atomic E-state index is 8.82. The molecule has 50 valence electrons. The van der Waals surface area contributed by atoms with Gasteiger partial charge in [0.15, 0.2) is 0 Å². The van der Waals surface area contributed by atoms with Crippen molar-refractivity contribution in [3.8, 4) is 0 Å². The van der Waals surface area contributed by atoms with E-state index >= 15 is 0 Å². The van der Waals surface area contributed by atoms with Gasteiger partial charge in [0.1, 0.15) is 0 Å². The highest BCUT2D eigenvalue weighted by molar-refractivity contribution is 8.93. The molecule has 0 heterocycles. The minimum Gasteiger partial charge on any atom is -0.393 e. The van der Waals surface area contributed by atoms with Gasteiger partial charge in [0.2, 0.25) is 0 Å². The molecule has 0 bridgehead atoms. The Hall–Kier alpha value is 0.400. The minimum absolute atomic E-state index is 0. The third-order valence-corrected chi connectivity index (χ3v) is 1.45. The van der Waals surface area contributed by atoms with Crippen molar-refractivity contribution in [1.82, 2.24) is 0 Å². The van der Waals surface area contributed by atoms with E-state index in [2.05, 4.69) is 0 Å². The Labute approximate surface area is 59.8 Å². The van der Waals surface area contributed by atoms with Crippen molar-refractivity contribution in [3.63, 3.8) is 0 Å². The van der Waals surface area contributed by atoms with Gasteiger partial charge in [0.05, 0.1) is 6.10 Å². The van der Waals surface area contributed by atoms with Gasteiger partial charge in [-0.25, -0.2) is 0 Å².